The monoisotopic (exact) mass is 182 g/mol. The van der Waals surface area contributed by atoms with Gasteiger partial charge in [0.2, 0.25) is 0 Å². The fourth-order valence-electron chi connectivity index (χ4n) is 1.63. The summed E-state index contributed by atoms with van der Waals surface area (Å²) in [6, 6.07) is 0.646. The second-order valence-corrected chi connectivity index (χ2v) is 5.20. The van der Waals surface area contributed by atoms with Gasteiger partial charge in [-0.1, -0.05) is 6.42 Å². The van der Waals surface area contributed by atoms with Crippen molar-refractivity contribution in [1.29, 1.82) is 0 Å². The highest BCUT2D eigenvalue weighted by atomic mass is 15.3. The van der Waals surface area contributed by atoms with Gasteiger partial charge in [0, 0.05) is 6.42 Å². The third kappa shape index (κ3) is 2.34. The fourth-order valence-corrected chi connectivity index (χ4v) is 1.63. The van der Waals surface area contributed by atoms with Gasteiger partial charge in [0.15, 0.2) is 0 Å². The van der Waals surface area contributed by atoms with Crippen molar-refractivity contribution in [1.82, 2.24) is 0 Å². The zero-order chi connectivity index (χ0) is 10.1. The van der Waals surface area contributed by atoms with E-state index in [1.54, 1.807) is 0 Å². The number of hydrogen-bond donors (Lipinski definition) is 0. The van der Waals surface area contributed by atoms with Gasteiger partial charge >= 0.3 is 0 Å². The van der Waals surface area contributed by atoms with Gasteiger partial charge in [-0.15, -0.1) is 0 Å². The van der Waals surface area contributed by atoms with Gasteiger partial charge in [-0.3, -0.25) is 4.48 Å². The smallest absolute Gasteiger partial charge is 0.102 e. The molecule has 0 amide bonds. The van der Waals surface area contributed by atoms with Crippen LogP contribution in [-0.2, 0) is 0 Å². The van der Waals surface area contributed by atoms with Gasteiger partial charge in [0.05, 0.1) is 20.1 Å². The Morgan fingerprint density at radius 3 is 2.23 bits per heavy atom. The van der Waals surface area contributed by atoms with Crippen LogP contribution in [0, 0.1) is 5.92 Å². The minimum Gasteiger partial charge on any atom is -0.298 e. The molecule has 0 unspecified atom stereocenters. The predicted molar refractivity (Wildman–Crippen MR) is 58.3 cm³/mol. The topological polar surface area (TPSA) is 0 Å². The van der Waals surface area contributed by atoms with Crippen molar-refractivity contribution in [3.63, 3.8) is 0 Å². The van der Waals surface area contributed by atoms with Crippen LogP contribution in [0.25, 0.3) is 0 Å². The van der Waals surface area contributed by atoms with Crippen LogP contribution in [0.4, 0.5) is 0 Å². The molecule has 76 valence electrons. The number of quaternary nitrogens is 1. The first-order valence-corrected chi connectivity index (χ1v) is 5.46. The van der Waals surface area contributed by atoms with Crippen LogP contribution >= 0.6 is 0 Å². The Bertz CT molecular complexity index is 187. The van der Waals surface area contributed by atoms with Gasteiger partial charge in [-0.2, -0.15) is 0 Å². The van der Waals surface area contributed by atoms with Crippen LogP contribution in [0.1, 0.15) is 39.5 Å². The first-order valence-electron chi connectivity index (χ1n) is 5.46. The lowest BCUT2D eigenvalue weighted by atomic mass is 9.82. The van der Waals surface area contributed by atoms with Crippen LogP contribution in [0.3, 0.4) is 0 Å². The molecule has 0 heterocycles. The van der Waals surface area contributed by atoms with Gasteiger partial charge < -0.3 is 0 Å². The lowest BCUT2D eigenvalue weighted by Gasteiger charge is -2.38. The van der Waals surface area contributed by atoms with Crippen molar-refractivity contribution in [3.05, 3.63) is 12.3 Å². The summed E-state index contributed by atoms with van der Waals surface area (Å²) < 4.78 is 0.983. The molecular formula is C12H24N+. The van der Waals surface area contributed by atoms with E-state index < -0.39 is 0 Å². The third-order valence-electron chi connectivity index (χ3n) is 3.86. The number of rotatable bonds is 4. The highest BCUT2D eigenvalue weighted by Gasteiger charge is 2.28. The van der Waals surface area contributed by atoms with Crippen LogP contribution in [-0.4, -0.2) is 24.6 Å². The molecule has 0 atom stereocenters. The first kappa shape index (κ1) is 10.8. The van der Waals surface area contributed by atoms with Crippen molar-refractivity contribution >= 4 is 0 Å². The maximum atomic E-state index is 4.24. The highest BCUT2D eigenvalue weighted by molar-refractivity contribution is 4.89. The van der Waals surface area contributed by atoms with Crippen molar-refractivity contribution in [2.45, 2.75) is 45.6 Å². The van der Waals surface area contributed by atoms with E-state index in [2.05, 4.69) is 34.5 Å². The molecule has 0 aromatic carbocycles. The molecule has 0 N–H and O–H groups in total. The van der Waals surface area contributed by atoms with Crippen molar-refractivity contribution in [2.75, 3.05) is 14.1 Å². The Balaban J connectivity index is 2.45. The van der Waals surface area contributed by atoms with Crippen LogP contribution in [0.5, 0.6) is 0 Å². The summed E-state index contributed by atoms with van der Waals surface area (Å²) >= 11 is 0. The van der Waals surface area contributed by atoms with Gasteiger partial charge in [-0.25, -0.2) is 0 Å². The summed E-state index contributed by atoms with van der Waals surface area (Å²) in [5.41, 5.74) is 1.40. The number of hydrogen-bond acceptors (Lipinski definition) is 0. The average Bonchev–Trinajstić information content (AvgIpc) is 1.95. The molecule has 1 aliphatic rings. The average molecular weight is 182 g/mol. The normalized spacial score (nSPS) is 18.8. The summed E-state index contributed by atoms with van der Waals surface area (Å²) in [5.74, 6) is 0.948. The van der Waals surface area contributed by atoms with E-state index in [0.717, 1.165) is 10.4 Å². The Morgan fingerprint density at radius 1 is 1.38 bits per heavy atom. The molecule has 0 radical (unpaired) electrons. The predicted octanol–water partition coefficient (Wildman–Crippen LogP) is 3.18. The van der Waals surface area contributed by atoms with E-state index in [9.17, 15) is 0 Å². The van der Waals surface area contributed by atoms with Gasteiger partial charge in [0.1, 0.15) is 5.70 Å². The molecule has 1 rings (SSSR count). The van der Waals surface area contributed by atoms with Crippen LogP contribution < -0.4 is 0 Å². The van der Waals surface area contributed by atoms with Gasteiger partial charge in [0.25, 0.3) is 0 Å². The standard InChI is InChI=1S/C12H24N/c1-10(2)13(4,5)11(3)9-12-7-6-8-12/h10,12H,3,6-9H2,1-2,4-5H3/q+1. The van der Waals surface area contributed by atoms with E-state index in [-0.39, 0.29) is 0 Å². The Labute approximate surface area is 83.0 Å². The molecule has 0 aromatic rings. The Morgan fingerprint density at radius 2 is 1.92 bits per heavy atom. The summed E-state index contributed by atoms with van der Waals surface area (Å²) in [6.45, 7) is 8.78. The molecule has 0 bridgehead atoms. The quantitative estimate of drug-likeness (QED) is 0.586. The van der Waals surface area contributed by atoms with E-state index in [1.165, 1.54) is 31.4 Å². The fraction of sp³-hybridized carbons (Fsp3) is 0.833. The largest absolute Gasteiger partial charge is 0.298 e. The lowest BCUT2D eigenvalue weighted by molar-refractivity contribution is -0.875. The zero-order valence-corrected chi connectivity index (χ0v) is 9.64. The van der Waals surface area contributed by atoms with E-state index in [1.807, 2.05) is 0 Å². The van der Waals surface area contributed by atoms with Crippen molar-refractivity contribution in [3.8, 4) is 0 Å². The Hall–Kier alpha value is -0.300. The minimum absolute atomic E-state index is 0.646. The van der Waals surface area contributed by atoms with Crippen LogP contribution in [0.2, 0.25) is 0 Å². The molecule has 1 saturated carbocycles. The Kier molecular flexibility index (Phi) is 3.18. The lowest BCUT2D eigenvalue weighted by Crippen LogP contribution is -2.45. The number of nitrogens with zero attached hydrogens (tertiary/aromatic N) is 1. The van der Waals surface area contributed by atoms with Crippen LogP contribution in [0.15, 0.2) is 12.3 Å². The summed E-state index contributed by atoms with van der Waals surface area (Å²) in [4.78, 5) is 0. The molecule has 1 heteroatoms. The molecule has 0 aliphatic heterocycles. The SMILES string of the molecule is C=C(CC1CCC1)[N+](C)(C)C(C)C. The van der Waals surface area contributed by atoms with Gasteiger partial charge in [-0.05, 0) is 39.2 Å². The molecule has 0 spiro atoms. The summed E-state index contributed by atoms with van der Waals surface area (Å²) in [7, 11) is 4.54. The molecular weight excluding hydrogens is 158 g/mol. The van der Waals surface area contributed by atoms with E-state index >= 15 is 0 Å². The first-order chi connectivity index (χ1) is 5.94. The molecule has 13 heavy (non-hydrogen) atoms. The zero-order valence-electron chi connectivity index (χ0n) is 9.64. The molecule has 1 nitrogen and oxygen atoms in total. The molecule has 1 aliphatic carbocycles. The van der Waals surface area contributed by atoms with Crippen molar-refractivity contribution < 1.29 is 4.48 Å². The molecule has 0 saturated heterocycles. The third-order valence-corrected chi connectivity index (χ3v) is 3.86. The maximum absolute atomic E-state index is 4.24. The number of allylic oxidation sites excluding steroid dienone is 1. The van der Waals surface area contributed by atoms with Crippen molar-refractivity contribution in [2.24, 2.45) is 5.92 Å². The summed E-state index contributed by atoms with van der Waals surface area (Å²) in [6.07, 6.45) is 5.53. The van der Waals surface area contributed by atoms with E-state index in [0.29, 0.717) is 6.04 Å². The molecule has 1 fully saturated rings. The second kappa shape index (κ2) is 3.83. The highest BCUT2D eigenvalue weighted by Crippen LogP contribution is 2.34. The summed E-state index contributed by atoms with van der Waals surface area (Å²) in [5, 5.41) is 0. The minimum atomic E-state index is 0.646. The maximum Gasteiger partial charge on any atom is 0.102 e. The van der Waals surface area contributed by atoms with E-state index in [4.69, 9.17) is 0 Å². The second-order valence-electron chi connectivity index (χ2n) is 5.20. The molecule has 0 aromatic heterocycles.